The van der Waals surface area contributed by atoms with Crippen molar-refractivity contribution in [3.63, 3.8) is 0 Å². The van der Waals surface area contributed by atoms with E-state index in [9.17, 15) is 18.9 Å². The van der Waals surface area contributed by atoms with Crippen molar-refractivity contribution >= 4 is 17.2 Å². The Hall–Kier alpha value is -3.43. The molecule has 23 heavy (non-hydrogen) atoms. The number of hydrogen-bond donors (Lipinski definition) is 1. The zero-order valence-electron chi connectivity index (χ0n) is 11.3. The van der Waals surface area contributed by atoms with Crippen LogP contribution in [0, 0.1) is 21.7 Å². The monoisotopic (exact) mass is 318 g/mol. The number of imidazole rings is 1. The Kier molecular flexibility index (Phi) is 3.63. The van der Waals surface area contributed by atoms with Crippen LogP contribution < -0.4 is 5.32 Å². The molecule has 3 aromatic rings. The highest BCUT2D eigenvalue weighted by molar-refractivity contribution is 5.70. The molecule has 0 unspecified atom stereocenters. The highest BCUT2D eigenvalue weighted by Gasteiger charge is 2.25. The van der Waals surface area contributed by atoms with Crippen molar-refractivity contribution in [2.45, 2.75) is 0 Å². The number of aromatic nitrogens is 4. The second kappa shape index (κ2) is 5.75. The van der Waals surface area contributed by atoms with Gasteiger partial charge < -0.3 is 5.32 Å². The summed E-state index contributed by atoms with van der Waals surface area (Å²) in [6, 6.07) is 2.71. The lowest BCUT2D eigenvalue weighted by atomic mass is 10.3. The molecule has 0 radical (unpaired) electrons. The number of benzene rings is 1. The van der Waals surface area contributed by atoms with E-state index in [0.29, 0.717) is 0 Å². The molecule has 0 aliphatic carbocycles. The number of hydrogen-bond acceptors (Lipinski definition) is 6. The fraction of sp³-hybridized carbons (Fsp3) is 0. The van der Waals surface area contributed by atoms with Crippen LogP contribution >= 0.6 is 0 Å². The van der Waals surface area contributed by atoms with Crippen molar-refractivity contribution in [3.05, 3.63) is 65.0 Å². The number of nitrogens with zero attached hydrogens (tertiary/aromatic N) is 5. The zero-order chi connectivity index (χ0) is 16.4. The van der Waals surface area contributed by atoms with Gasteiger partial charge in [0.1, 0.15) is 24.3 Å². The smallest absolute Gasteiger partial charge is 0.332 e. The third-order valence-corrected chi connectivity index (χ3v) is 2.92. The molecule has 0 saturated carbocycles. The summed E-state index contributed by atoms with van der Waals surface area (Å²) in [6.07, 6.45) is 5.27. The molecular weight excluding hydrogens is 310 g/mol. The maximum absolute atomic E-state index is 13.7. The molecule has 0 aliphatic rings. The Balaban J connectivity index is 2.11. The molecular formula is C13H8F2N6O2. The molecule has 0 spiro atoms. The van der Waals surface area contributed by atoms with E-state index in [1.807, 2.05) is 0 Å². The standard InChI is InChI=1S/C13H8F2N6O2/c14-8-1-2-9(15)10(5-8)19-12-11(21(22)23)13(18-6-17-12)20-4-3-16-7-20/h1-7H,(H,17,18,19). The van der Waals surface area contributed by atoms with E-state index in [0.717, 1.165) is 24.5 Å². The van der Waals surface area contributed by atoms with Crippen LogP contribution in [0.3, 0.4) is 0 Å². The molecule has 0 atom stereocenters. The van der Waals surface area contributed by atoms with Crippen LogP contribution in [0.4, 0.5) is 26.0 Å². The SMILES string of the molecule is O=[N+]([O-])c1c(Nc2cc(F)ccc2F)ncnc1-n1ccnc1. The molecule has 1 N–H and O–H groups in total. The Labute approximate surface area is 127 Å². The molecule has 10 heteroatoms. The van der Waals surface area contributed by atoms with Crippen molar-refractivity contribution in [2.24, 2.45) is 0 Å². The van der Waals surface area contributed by atoms with Crippen LogP contribution in [0.1, 0.15) is 0 Å². The molecule has 0 amide bonds. The highest BCUT2D eigenvalue weighted by atomic mass is 19.1. The number of nitro groups is 1. The van der Waals surface area contributed by atoms with Gasteiger partial charge in [0.2, 0.25) is 11.6 Å². The van der Waals surface area contributed by atoms with Gasteiger partial charge in [0.05, 0.1) is 10.6 Å². The second-order valence-electron chi connectivity index (χ2n) is 4.37. The molecule has 2 aromatic heterocycles. The Morgan fingerprint density at radius 2 is 2.09 bits per heavy atom. The van der Waals surface area contributed by atoms with Gasteiger partial charge in [-0.25, -0.2) is 23.7 Å². The van der Waals surface area contributed by atoms with E-state index in [1.54, 1.807) is 0 Å². The number of rotatable bonds is 4. The Morgan fingerprint density at radius 3 is 2.78 bits per heavy atom. The van der Waals surface area contributed by atoms with Gasteiger partial charge in [-0.1, -0.05) is 0 Å². The van der Waals surface area contributed by atoms with Gasteiger partial charge in [0, 0.05) is 18.5 Å². The lowest BCUT2D eigenvalue weighted by Gasteiger charge is -2.09. The molecule has 0 saturated heterocycles. The van der Waals surface area contributed by atoms with Crippen LogP contribution in [0.25, 0.3) is 5.82 Å². The summed E-state index contributed by atoms with van der Waals surface area (Å²) in [5, 5.41) is 13.8. The predicted molar refractivity (Wildman–Crippen MR) is 75.4 cm³/mol. The summed E-state index contributed by atoms with van der Waals surface area (Å²) in [4.78, 5) is 22.0. The minimum atomic E-state index is -0.775. The first-order valence-corrected chi connectivity index (χ1v) is 6.26. The van der Waals surface area contributed by atoms with Gasteiger partial charge in [0.25, 0.3) is 0 Å². The fourth-order valence-electron chi connectivity index (χ4n) is 1.92. The van der Waals surface area contributed by atoms with Crippen molar-refractivity contribution in [2.75, 3.05) is 5.32 Å². The lowest BCUT2D eigenvalue weighted by Crippen LogP contribution is -2.07. The quantitative estimate of drug-likeness (QED) is 0.586. The Morgan fingerprint density at radius 1 is 1.26 bits per heavy atom. The number of nitrogens with one attached hydrogen (secondary N) is 1. The first kappa shape index (κ1) is 14.5. The summed E-state index contributed by atoms with van der Waals surface area (Å²) >= 11 is 0. The minimum absolute atomic E-state index is 0.0539. The maximum atomic E-state index is 13.7. The number of anilines is 2. The summed E-state index contributed by atoms with van der Waals surface area (Å²) in [5.41, 5.74) is -0.766. The zero-order valence-corrected chi connectivity index (χ0v) is 11.3. The average Bonchev–Trinajstić information content (AvgIpc) is 3.04. The first-order chi connectivity index (χ1) is 11.1. The van der Waals surface area contributed by atoms with Gasteiger partial charge in [-0.2, -0.15) is 0 Å². The third-order valence-electron chi connectivity index (χ3n) is 2.92. The Bertz CT molecular complexity index is 869. The largest absolute Gasteiger partial charge is 0.354 e. The molecule has 0 bridgehead atoms. The summed E-state index contributed by atoms with van der Waals surface area (Å²) in [6.45, 7) is 0. The van der Waals surface area contributed by atoms with Crippen LogP contribution in [0.2, 0.25) is 0 Å². The normalized spacial score (nSPS) is 10.5. The lowest BCUT2D eigenvalue weighted by molar-refractivity contribution is -0.384. The summed E-state index contributed by atoms with van der Waals surface area (Å²) < 4.78 is 28.2. The first-order valence-electron chi connectivity index (χ1n) is 6.26. The average molecular weight is 318 g/mol. The molecule has 2 heterocycles. The van der Waals surface area contributed by atoms with E-state index in [-0.39, 0.29) is 17.3 Å². The molecule has 0 aliphatic heterocycles. The van der Waals surface area contributed by atoms with E-state index in [2.05, 4.69) is 20.3 Å². The van der Waals surface area contributed by atoms with Crippen LogP contribution in [-0.2, 0) is 0 Å². The van der Waals surface area contributed by atoms with Gasteiger partial charge in [0.15, 0.2) is 0 Å². The van der Waals surface area contributed by atoms with E-state index in [4.69, 9.17) is 0 Å². The van der Waals surface area contributed by atoms with Crippen LogP contribution in [0.5, 0.6) is 0 Å². The maximum Gasteiger partial charge on any atom is 0.354 e. The topological polar surface area (TPSA) is 98.8 Å². The molecule has 3 rings (SSSR count). The van der Waals surface area contributed by atoms with Crippen molar-refractivity contribution in [3.8, 4) is 5.82 Å². The molecule has 8 nitrogen and oxygen atoms in total. The van der Waals surface area contributed by atoms with Crippen molar-refractivity contribution in [1.29, 1.82) is 0 Å². The second-order valence-corrected chi connectivity index (χ2v) is 4.37. The molecule has 116 valence electrons. The van der Waals surface area contributed by atoms with Gasteiger partial charge >= 0.3 is 5.69 Å². The van der Waals surface area contributed by atoms with E-state index in [1.165, 1.54) is 23.3 Å². The third kappa shape index (κ3) is 2.81. The van der Waals surface area contributed by atoms with E-state index < -0.39 is 22.2 Å². The van der Waals surface area contributed by atoms with Gasteiger partial charge in [-0.15, -0.1) is 0 Å². The highest BCUT2D eigenvalue weighted by Crippen LogP contribution is 2.30. The summed E-state index contributed by atoms with van der Waals surface area (Å²) in [5.74, 6) is -1.79. The molecule has 0 fully saturated rings. The van der Waals surface area contributed by atoms with Gasteiger partial charge in [-0.3, -0.25) is 14.7 Å². The number of halogens is 2. The summed E-state index contributed by atoms with van der Waals surface area (Å²) in [7, 11) is 0. The fourth-order valence-corrected chi connectivity index (χ4v) is 1.92. The minimum Gasteiger partial charge on any atom is -0.332 e. The predicted octanol–water partition coefficient (Wildman–Crippen LogP) is 2.59. The van der Waals surface area contributed by atoms with Crippen molar-refractivity contribution in [1.82, 2.24) is 19.5 Å². The van der Waals surface area contributed by atoms with Crippen LogP contribution in [-0.4, -0.2) is 24.4 Å². The van der Waals surface area contributed by atoms with Gasteiger partial charge in [-0.05, 0) is 12.1 Å². The molecule has 1 aromatic carbocycles. The van der Waals surface area contributed by atoms with Crippen LogP contribution in [0.15, 0.2) is 43.2 Å². The van der Waals surface area contributed by atoms with Crippen molar-refractivity contribution < 1.29 is 13.7 Å². The van der Waals surface area contributed by atoms with E-state index >= 15 is 0 Å².